The van der Waals surface area contributed by atoms with Crippen molar-refractivity contribution in [3.63, 3.8) is 0 Å². The van der Waals surface area contributed by atoms with Gasteiger partial charge in [-0.05, 0) is 48.0 Å². The molecule has 4 rings (SSSR count). The molecule has 4 nitrogen and oxygen atoms in total. The Morgan fingerprint density at radius 3 is 2.57 bits per heavy atom. The molecule has 1 heterocycles. The average Bonchev–Trinajstić information content (AvgIpc) is 2.72. The predicted molar refractivity (Wildman–Crippen MR) is 112 cm³/mol. The molecule has 0 amide bonds. The van der Waals surface area contributed by atoms with Crippen molar-refractivity contribution >= 4 is 34.1 Å². The third kappa shape index (κ3) is 3.88. The fourth-order valence-corrected chi connectivity index (χ4v) is 3.36. The molecule has 0 aliphatic heterocycles. The Labute approximate surface area is 172 Å². The molecule has 0 fully saturated rings. The fraction of sp³-hybridized carbons (Fsp3) is 0.0909. The highest BCUT2D eigenvalue weighted by atomic mass is 35.5. The highest BCUT2D eigenvalue weighted by Crippen LogP contribution is 2.32. The van der Waals surface area contributed by atoms with Crippen molar-refractivity contribution in [2.45, 2.75) is 6.61 Å². The first kappa shape index (κ1) is 18.5. The van der Waals surface area contributed by atoms with Crippen LogP contribution in [-0.4, -0.2) is 17.1 Å². The molecule has 0 saturated carbocycles. The molecular weight excluding hydrogens is 395 g/mol. The van der Waals surface area contributed by atoms with Crippen molar-refractivity contribution in [2.24, 2.45) is 0 Å². The summed E-state index contributed by atoms with van der Waals surface area (Å²) in [4.78, 5) is 9.27. The smallest absolute Gasteiger partial charge is 0.225 e. The third-order valence-electron chi connectivity index (χ3n) is 4.25. The molecule has 0 aliphatic rings. The average molecular weight is 411 g/mol. The highest BCUT2D eigenvalue weighted by Gasteiger charge is 2.13. The zero-order chi connectivity index (χ0) is 19.5. The number of benzene rings is 3. The van der Waals surface area contributed by atoms with Crippen molar-refractivity contribution in [3.05, 3.63) is 82.3 Å². The Bertz CT molecular complexity index is 1150. The minimum absolute atomic E-state index is 0.353. The summed E-state index contributed by atoms with van der Waals surface area (Å²) in [6, 6.07) is 20.7. The Hall–Kier alpha value is -2.82. The van der Waals surface area contributed by atoms with Gasteiger partial charge in [0.05, 0.1) is 23.0 Å². The van der Waals surface area contributed by atoms with Gasteiger partial charge in [-0.2, -0.15) is 4.98 Å². The number of halogens is 2. The van der Waals surface area contributed by atoms with Gasteiger partial charge < -0.3 is 9.47 Å². The van der Waals surface area contributed by atoms with Crippen LogP contribution in [0.4, 0.5) is 0 Å². The van der Waals surface area contributed by atoms with Crippen LogP contribution in [-0.2, 0) is 6.61 Å². The van der Waals surface area contributed by atoms with Gasteiger partial charge in [0.1, 0.15) is 12.4 Å². The van der Waals surface area contributed by atoms with Gasteiger partial charge in [0.2, 0.25) is 5.88 Å². The minimum atomic E-state index is 0.353. The van der Waals surface area contributed by atoms with E-state index in [2.05, 4.69) is 9.97 Å². The van der Waals surface area contributed by atoms with Gasteiger partial charge in [0.25, 0.3) is 0 Å². The Morgan fingerprint density at radius 2 is 1.75 bits per heavy atom. The molecule has 3 aromatic carbocycles. The Morgan fingerprint density at radius 1 is 0.893 bits per heavy atom. The van der Waals surface area contributed by atoms with Crippen LogP contribution in [0.25, 0.3) is 22.3 Å². The molecule has 0 bridgehead atoms. The lowest BCUT2D eigenvalue weighted by atomic mass is 10.2. The van der Waals surface area contributed by atoms with Crippen molar-refractivity contribution in [2.75, 3.05) is 7.11 Å². The molecule has 0 aliphatic carbocycles. The third-order valence-corrected chi connectivity index (χ3v) is 4.80. The fourth-order valence-electron chi connectivity index (χ4n) is 2.86. The maximum atomic E-state index is 6.35. The number of hydrogen-bond donors (Lipinski definition) is 0. The number of fused-ring (bicyclic) bond motifs is 1. The Kier molecular flexibility index (Phi) is 5.33. The van der Waals surface area contributed by atoms with Gasteiger partial charge in [-0.25, -0.2) is 4.98 Å². The molecule has 0 atom stereocenters. The maximum Gasteiger partial charge on any atom is 0.225 e. The molecule has 140 valence electrons. The van der Waals surface area contributed by atoms with Gasteiger partial charge in [-0.3, -0.25) is 0 Å². The van der Waals surface area contributed by atoms with Crippen molar-refractivity contribution in [3.8, 4) is 23.0 Å². The predicted octanol–water partition coefficient (Wildman–Crippen LogP) is 6.19. The standard InChI is InChI=1S/C22H16Cl2N2O2/c1-27-16-6-4-5-14(11-16)13-28-22-18-7-2-3-8-20(18)25-21(26-22)17-10-9-15(23)12-19(17)24/h2-12H,13H2,1H3. The summed E-state index contributed by atoms with van der Waals surface area (Å²) in [5, 5.41) is 1.88. The number of ether oxygens (including phenoxy) is 2. The quantitative estimate of drug-likeness (QED) is 0.393. The summed E-state index contributed by atoms with van der Waals surface area (Å²) >= 11 is 12.4. The molecular formula is C22H16Cl2N2O2. The van der Waals surface area contributed by atoms with Crippen molar-refractivity contribution in [1.82, 2.24) is 9.97 Å². The molecule has 6 heteroatoms. The van der Waals surface area contributed by atoms with E-state index in [4.69, 9.17) is 32.7 Å². The van der Waals surface area contributed by atoms with E-state index in [1.807, 2.05) is 48.5 Å². The number of rotatable bonds is 5. The van der Waals surface area contributed by atoms with Crippen molar-refractivity contribution in [1.29, 1.82) is 0 Å². The first-order valence-corrected chi connectivity index (χ1v) is 9.37. The summed E-state index contributed by atoms with van der Waals surface area (Å²) in [7, 11) is 1.64. The van der Waals surface area contributed by atoms with Gasteiger partial charge in [-0.1, -0.05) is 47.5 Å². The summed E-state index contributed by atoms with van der Waals surface area (Å²) in [5.74, 6) is 1.76. The Balaban J connectivity index is 1.74. The number of nitrogens with zero attached hydrogens (tertiary/aromatic N) is 2. The van der Waals surface area contributed by atoms with Crippen LogP contribution < -0.4 is 9.47 Å². The summed E-state index contributed by atoms with van der Waals surface area (Å²) in [6.45, 7) is 0.353. The van der Waals surface area contributed by atoms with E-state index in [-0.39, 0.29) is 0 Å². The van der Waals surface area contributed by atoms with Gasteiger partial charge in [0, 0.05) is 10.6 Å². The minimum Gasteiger partial charge on any atom is -0.497 e. The molecule has 4 aromatic rings. The van der Waals surface area contributed by atoms with Crippen LogP contribution in [0.3, 0.4) is 0 Å². The maximum absolute atomic E-state index is 6.35. The van der Waals surface area contributed by atoms with Crippen LogP contribution in [0, 0.1) is 0 Å². The lowest BCUT2D eigenvalue weighted by Gasteiger charge is -2.12. The van der Waals surface area contributed by atoms with Crippen LogP contribution in [0.2, 0.25) is 10.0 Å². The number of hydrogen-bond acceptors (Lipinski definition) is 4. The molecule has 0 spiro atoms. The lowest BCUT2D eigenvalue weighted by molar-refractivity contribution is 0.297. The lowest BCUT2D eigenvalue weighted by Crippen LogP contribution is -2.01. The zero-order valence-electron chi connectivity index (χ0n) is 15.0. The monoisotopic (exact) mass is 410 g/mol. The largest absolute Gasteiger partial charge is 0.497 e. The van der Waals surface area contributed by atoms with E-state index in [0.717, 1.165) is 22.2 Å². The summed E-state index contributed by atoms with van der Waals surface area (Å²) in [5.41, 5.74) is 2.45. The normalized spacial score (nSPS) is 10.8. The molecule has 0 radical (unpaired) electrons. The topological polar surface area (TPSA) is 44.2 Å². The number of aromatic nitrogens is 2. The van der Waals surface area contributed by atoms with Gasteiger partial charge in [0.15, 0.2) is 5.82 Å². The molecule has 0 unspecified atom stereocenters. The van der Waals surface area contributed by atoms with E-state index in [1.165, 1.54) is 0 Å². The van der Waals surface area contributed by atoms with Crippen LogP contribution in [0.1, 0.15) is 5.56 Å². The van der Waals surface area contributed by atoms with Gasteiger partial charge in [-0.15, -0.1) is 0 Å². The van der Waals surface area contributed by atoms with Crippen LogP contribution in [0.15, 0.2) is 66.7 Å². The first-order valence-electron chi connectivity index (χ1n) is 8.62. The molecule has 28 heavy (non-hydrogen) atoms. The number of para-hydroxylation sites is 1. The van der Waals surface area contributed by atoms with Crippen LogP contribution >= 0.6 is 23.2 Å². The van der Waals surface area contributed by atoms with E-state index in [9.17, 15) is 0 Å². The molecule has 0 N–H and O–H groups in total. The van der Waals surface area contributed by atoms with E-state index in [0.29, 0.717) is 33.9 Å². The van der Waals surface area contributed by atoms with E-state index < -0.39 is 0 Å². The van der Waals surface area contributed by atoms with Gasteiger partial charge >= 0.3 is 0 Å². The second-order valence-electron chi connectivity index (χ2n) is 6.13. The second kappa shape index (κ2) is 8.05. The van der Waals surface area contributed by atoms with Crippen molar-refractivity contribution < 1.29 is 9.47 Å². The van der Waals surface area contributed by atoms with Crippen LogP contribution in [0.5, 0.6) is 11.6 Å². The van der Waals surface area contributed by atoms with E-state index in [1.54, 1.807) is 25.3 Å². The summed E-state index contributed by atoms with van der Waals surface area (Å²) in [6.07, 6.45) is 0. The zero-order valence-corrected chi connectivity index (χ0v) is 16.5. The second-order valence-corrected chi connectivity index (χ2v) is 6.98. The first-order chi connectivity index (χ1) is 13.6. The number of methoxy groups -OCH3 is 1. The SMILES string of the molecule is COc1cccc(COc2nc(-c3ccc(Cl)cc3Cl)nc3ccccc23)c1. The highest BCUT2D eigenvalue weighted by molar-refractivity contribution is 6.36. The summed E-state index contributed by atoms with van der Waals surface area (Å²) < 4.78 is 11.3. The molecule has 1 aromatic heterocycles. The molecule has 0 saturated heterocycles. The van der Waals surface area contributed by atoms with E-state index >= 15 is 0 Å².